The molecule has 2 heterocycles. The molecule has 0 bridgehead atoms. The number of likely N-dealkylation sites (tertiary alicyclic amines) is 1. The molecule has 21 heavy (non-hydrogen) atoms. The highest BCUT2D eigenvalue weighted by Gasteiger charge is 2.26. The van der Waals surface area contributed by atoms with Gasteiger partial charge >= 0.3 is 0 Å². The van der Waals surface area contributed by atoms with Gasteiger partial charge in [0.2, 0.25) is 0 Å². The van der Waals surface area contributed by atoms with E-state index in [2.05, 4.69) is 53.3 Å². The molecule has 3 heteroatoms. The van der Waals surface area contributed by atoms with Crippen molar-refractivity contribution in [1.82, 2.24) is 9.88 Å². The summed E-state index contributed by atoms with van der Waals surface area (Å²) < 4.78 is 0. The number of rotatable bonds is 5. The Morgan fingerprint density at radius 1 is 1.24 bits per heavy atom. The molecule has 1 N–H and O–H groups in total. The first-order chi connectivity index (χ1) is 10.3. The van der Waals surface area contributed by atoms with Crippen molar-refractivity contribution >= 4 is 16.5 Å². The predicted molar refractivity (Wildman–Crippen MR) is 89.7 cm³/mol. The Bertz CT molecular complexity index is 592. The maximum atomic E-state index is 4.17. The van der Waals surface area contributed by atoms with Crippen molar-refractivity contribution in [3.8, 4) is 0 Å². The molecule has 1 aliphatic heterocycles. The number of nitrogens with zero attached hydrogens (tertiary/aromatic N) is 2. The van der Waals surface area contributed by atoms with Crippen molar-refractivity contribution in [1.29, 1.82) is 0 Å². The van der Waals surface area contributed by atoms with Crippen molar-refractivity contribution in [3.63, 3.8) is 0 Å². The highest BCUT2D eigenvalue weighted by molar-refractivity contribution is 5.84. The third-order valence-corrected chi connectivity index (χ3v) is 4.69. The summed E-state index contributed by atoms with van der Waals surface area (Å²) in [5.74, 6) is 0. The molecule has 1 aromatic heterocycles. The third kappa shape index (κ3) is 3.18. The number of nitrogens with one attached hydrogen (secondary N) is 1. The van der Waals surface area contributed by atoms with Crippen LogP contribution in [0.4, 0.5) is 5.69 Å². The van der Waals surface area contributed by atoms with Crippen LogP contribution in [0.2, 0.25) is 0 Å². The van der Waals surface area contributed by atoms with Crippen LogP contribution in [0.25, 0.3) is 10.8 Å². The molecule has 0 spiro atoms. The van der Waals surface area contributed by atoms with Gasteiger partial charge in [-0.2, -0.15) is 0 Å². The second-order valence-electron chi connectivity index (χ2n) is 6.03. The first kappa shape index (κ1) is 14.3. The van der Waals surface area contributed by atoms with E-state index in [-0.39, 0.29) is 0 Å². The van der Waals surface area contributed by atoms with E-state index in [1.54, 1.807) is 0 Å². The molecular weight excluding hydrogens is 258 g/mol. The lowest BCUT2D eigenvalue weighted by atomic mass is 10.1. The summed E-state index contributed by atoms with van der Waals surface area (Å²) in [4.78, 5) is 6.81. The Labute approximate surface area is 127 Å². The number of fused-ring (bicyclic) bond motifs is 1. The summed E-state index contributed by atoms with van der Waals surface area (Å²) in [5.41, 5.74) is 1.23. The number of pyridine rings is 1. The SMILES string of the molecule is CCC(CC)N1CCC(Nc2ccc3cnccc3c2)C1. The third-order valence-electron chi connectivity index (χ3n) is 4.69. The summed E-state index contributed by atoms with van der Waals surface area (Å²) in [6.45, 7) is 6.99. The van der Waals surface area contributed by atoms with E-state index in [0.29, 0.717) is 6.04 Å². The Morgan fingerprint density at radius 2 is 2.10 bits per heavy atom. The molecule has 1 unspecified atom stereocenters. The molecular formula is C18H25N3. The zero-order chi connectivity index (χ0) is 14.7. The molecule has 3 rings (SSSR count). The fourth-order valence-electron chi connectivity index (χ4n) is 3.45. The predicted octanol–water partition coefficient (Wildman–Crippen LogP) is 3.91. The van der Waals surface area contributed by atoms with E-state index < -0.39 is 0 Å². The molecule has 0 radical (unpaired) electrons. The quantitative estimate of drug-likeness (QED) is 0.901. The molecule has 1 aliphatic rings. The van der Waals surface area contributed by atoms with Crippen molar-refractivity contribution in [2.75, 3.05) is 18.4 Å². The van der Waals surface area contributed by atoms with E-state index >= 15 is 0 Å². The molecule has 1 fully saturated rings. The molecule has 112 valence electrons. The first-order valence-electron chi connectivity index (χ1n) is 8.14. The van der Waals surface area contributed by atoms with Gasteiger partial charge in [0.25, 0.3) is 0 Å². The topological polar surface area (TPSA) is 28.2 Å². The van der Waals surface area contributed by atoms with Crippen LogP contribution < -0.4 is 5.32 Å². The molecule has 0 aliphatic carbocycles. The van der Waals surface area contributed by atoms with Crippen LogP contribution in [0, 0.1) is 0 Å². The average Bonchev–Trinajstić information content (AvgIpc) is 2.97. The van der Waals surface area contributed by atoms with Gasteiger partial charge < -0.3 is 5.32 Å². The van der Waals surface area contributed by atoms with Gasteiger partial charge in [-0.15, -0.1) is 0 Å². The summed E-state index contributed by atoms with van der Waals surface area (Å²) in [6, 6.07) is 9.95. The zero-order valence-corrected chi connectivity index (χ0v) is 13.0. The average molecular weight is 283 g/mol. The Balaban J connectivity index is 1.66. The molecule has 1 aromatic carbocycles. The van der Waals surface area contributed by atoms with Crippen LogP contribution in [-0.2, 0) is 0 Å². The van der Waals surface area contributed by atoms with E-state index in [1.807, 2.05) is 12.4 Å². The molecule has 1 atom stereocenters. The van der Waals surface area contributed by atoms with Crippen molar-refractivity contribution in [2.24, 2.45) is 0 Å². The number of hydrogen-bond acceptors (Lipinski definition) is 3. The Kier molecular flexibility index (Phi) is 4.39. The number of anilines is 1. The fourth-order valence-corrected chi connectivity index (χ4v) is 3.45. The standard InChI is InChI=1S/C18H25N3/c1-3-18(4-2)21-10-8-17(13-21)20-16-6-5-15-12-19-9-7-14(15)11-16/h5-7,9,11-12,17-18,20H,3-4,8,10,13H2,1-2H3. The number of aromatic nitrogens is 1. The minimum atomic E-state index is 0.574. The van der Waals surface area contributed by atoms with Gasteiger partial charge in [0.05, 0.1) is 0 Å². The minimum Gasteiger partial charge on any atom is -0.381 e. The largest absolute Gasteiger partial charge is 0.381 e. The van der Waals surface area contributed by atoms with E-state index in [9.17, 15) is 0 Å². The Hall–Kier alpha value is -1.61. The van der Waals surface area contributed by atoms with Crippen molar-refractivity contribution in [2.45, 2.75) is 45.2 Å². The molecule has 3 nitrogen and oxygen atoms in total. The van der Waals surface area contributed by atoms with Crippen LogP contribution in [0.5, 0.6) is 0 Å². The van der Waals surface area contributed by atoms with Gasteiger partial charge in [-0.3, -0.25) is 9.88 Å². The monoisotopic (exact) mass is 283 g/mol. The highest BCUT2D eigenvalue weighted by atomic mass is 15.2. The van der Waals surface area contributed by atoms with E-state index in [4.69, 9.17) is 0 Å². The number of hydrogen-bond donors (Lipinski definition) is 1. The van der Waals surface area contributed by atoms with Gasteiger partial charge in [0.1, 0.15) is 0 Å². The van der Waals surface area contributed by atoms with Gasteiger partial charge in [0.15, 0.2) is 0 Å². The summed E-state index contributed by atoms with van der Waals surface area (Å²) in [5, 5.41) is 6.16. The number of benzene rings is 1. The second-order valence-corrected chi connectivity index (χ2v) is 6.03. The van der Waals surface area contributed by atoms with Gasteiger partial charge in [-0.05, 0) is 42.8 Å². The van der Waals surface area contributed by atoms with Crippen molar-refractivity contribution < 1.29 is 0 Å². The molecule has 2 aromatic rings. The van der Waals surface area contributed by atoms with Crippen LogP contribution in [0.1, 0.15) is 33.1 Å². The van der Waals surface area contributed by atoms with Crippen LogP contribution in [0.3, 0.4) is 0 Å². The van der Waals surface area contributed by atoms with Crippen LogP contribution in [0.15, 0.2) is 36.7 Å². The smallest absolute Gasteiger partial charge is 0.0400 e. The lowest BCUT2D eigenvalue weighted by Gasteiger charge is -2.25. The zero-order valence-electron chi connectivity index (χ0n) is 13.0. The van der Waals surface area contributed by atoms with Crippen molar-refractivity contribution in [3.05, 3.63) is 36.7 Å². The van der Waals surface area contributed by atoms with Gasteiger partial charge in [0, 0.05) is 48.6 Å². The summed E-state index contributed by atoms with van der Waals surface area (Å²) in [6.07, 6.45) is 7.53. The normalized spacial score (nSPS) is 19.5. The first-order valence-corrected chi connectivity index (χ1v) is 8.14. The molecule has 1 saturated heterocycles. The Morgan fingerprint density at radius 3 is 2.90 bits per heavy atom. The molecule has 0 saturated carbocycles. The lowest BCUT2D eigenvalue weighted by molar-refractivity contribution is 0.228. The van der Waals surface area contributed by atoms with Gasteiger partial charge in [-0.1, -0.05) is 19.9 Å². The summed E-state index contributed by atoms with van der Waals surface area (Å²) >= 11 is 0. The lowest BCUT2D eigenvalue weighted by Crippen LogP contribution is -2.34. The summed E-state index contributed by atoms with van der Waals surface area (Å²) in [7, 11) is 0. The highest BCUT2D eigenvalue weighted by Crippen LogP contribution is 2.23. The molecule has 0 amide bonds. The second kappa shape index (κ2) is 6.44. The van der Waals surface area contributed by atoms with Crippen LogP contribution >= 0.6 is 0 Å². The van der Waals surface area contributed by atoms with E-state index in [0.717, 1.165) is 6.04 Å². The fraction of sp³-hybridized carbons (Fsp3) is 0.500. The maximum absolute atomic E-state index is 4.17. The van der Waals surface area contributed by atoms with E-state index in [1.165, 1.54) is 48.8 Å². The van der Waals surface area contributed by atoms with Crippen LogP contribution in [-0.4, -0.2) is 35.1 Å². The minimum absolute atomic E-state index is 0.574. The van der Waals surface area contributed by atoms with Gasteiger partial charge in [-0.25, -0.2) is 0 Å². The maximum Gasteiger partial charge on any atom is 0.0400 e.